The number of rotatable bonds is 5. The van der Waals surface area contributed by atoms with Crippen LogP contribution in [0.1, 0.15) is 11.5 Å². The summed E-state index contributed by atoms with van der Waals surface area (Å²) in [5, 5.41) is 5.62. The predicted molar refractivity (Wildman–Crippen MR) is 103 cm³/mol. The van der Waals surface area contributed by atoms with E-state index in [-0.39, 0.29) is 0 Å². The molecule has 2 heterocycles. The maximum absolute atomic E-state index is 6.09. The first-order valence-corrected chi connectivity index (χ1v) is 9.38. The fourth-order valence-electron chi connectivity index (χ4n) is 2.59. The first kappa shape index (κ1) is 16.9. The van der Waals surface area contributed by atoms with Crippen molar-refractivity contribution in [2.75, 3.05) is 0 Å². The van der Waals surface area contributed by atoms with Gasteiger partial charge in [-0.05, 0) is 30.7 Å². The van der Waals surface area contributed by atoms with E-state index in [1.54, 1.807) is 6.20 Å². The Labute approximate surface area is 160 Å². The minimum absolute atomic E-state index is 0.538. The highest BCUT2D eigenvalue weighted by Crippen LogP contribution is 2.26. The normalized spacial score (nSPS) is 11.0. The molecule has 7 heteroatoms. The zero-order valence-electron chi connectivity index (χ0n) is 14.0. The van der Waals surface area contributed by atoms with E-state index in [1.165, 1.54) is 11.8 Å². The van der Waals surface area contributed by atoms with E-state index in [4.69, 9.17) is 16.1 Å². The van der Waals surface area contributed by atoms with Crippen molar-refractivity contribution >= 4 is 23.4 Å². The van der Waals surface area contributed by atoms with Crippen LogP contribution in [0.2, 0.25) is 5.02 Å². The largest absolute Gasteiger partial charge is 0.338 e. The van der Waals surface area contributed by atoms with Gasteiger partial charge in [0, 0.05) is 28.7 Å². The highest BCUT2D eigenvalue weighted by atomic mass is 35.5. The van der Waals surface area contributed by atoms with Crippen molar-refractivity contribution < 1.29 is 4.52 Å². The minimum atomic E-state index is 0.538. The lowest BCUT2D eigenvalue weighted by Crippen LogP contribution is -1.95. The lowest BCUT2D eigenvalue weighted by atomic mass is 10.1. The van der Waals surface area contributed by atoms with Gasteiger partial charge in [0.1, 0.15) is 0 Å². The maximum Gasteiger partial charge on any atom is 0.237 e. The van der Waals surface area contributed by atoms with Crippen LogP contribution in [0.3, 0.4) is 0 Å². The van der Waals surface area contributed by atoms with Crippen LogP contribution in [0, 0.1) is 6.92 Å². The van der Waals surface area contributed by atoms with Gasteiger partial charge in [0.2, 0.25) is 11.7 Å². The van der Waals surface area contributed by atoms with Gasteiger partial charge in [-0.3, -0.25) is 4.57 Å². The molecule has 0 saturated carbocycles. The number of aryl methyl sites for hydroxylation is 1. The van der Waals surface area contributed by atoms with Crippen molar-refractivity contribution in [2.24, 2.45) is 0 Å². The number of thioether (sulfide) groups is 1. The molecular weight excluding hydrogens is 368 g/mol. The molecule has 0 bridgehead atoms. The van der Waals surface area contributed by atoms with Crippen molar-refractivity contribution in [3.8, 4) is 17.1 Å². The molecule has 4 rings (SSSR count). The molecule has 2 aromatic heterocycles. The molecule has 0 fully saturated rings. The van der Waals surface area contributed by atoms with Gasteiger partial charge in [0.05, 0.1) is 5.75 Å². The molecular formula is C19H15ClN4OS. The van der Waals surface area contributed by atoms with Gasteiger partial charge in [-0.25, -0.2) is 4.98 Å². The minimum Gasteiger partial charge on any atom is -0.338 e. The third-order valence-electron chi connectivity index (χ3n) is 3.87. The molecule has 0 aliphatic rings. The molecule has 0 spiro atoms. The molecule has 2 aromatic carbocycles. The number of halogens is 1. The molecule has 0 aliphatic carbocycles. The van der Waals surface area contributed by atoms with Crippen LogP contribution in [0.5, 0.6) is 0 Å². The van der Waals surface area contributed by atoms with Gasteiger partial charge in [0.25, 0.3) is 0 Å². The third kappa shape index (κ3) is 3.52. The predicted octanol–water partition coefficient (Wildman–Crippen LogP) is 5.18. The summed E-state index contributed by atoms with van der Waals surface area (Å²) in [4.78, 5) is 8.91. The van der Waals surface area contributed by atoms with Crippen LogP contribution in [-0.4, -0.2) is 19.7 Å². The molecule has 0 atom stereocenters. The highest BCUT2D eigenvalue weighted by Gasteiger charge is 2.13. The van der Waals surface area contributed by atoms with Crippen LogP contribution >= 0.6 is 23.4 Å². The number of hydrogen-bond acceptors (Lipinski definition) is 5. The van der Waals surface area contributed by atoms with Gasteiger partial charge in [-0.1, -0.05) is 58.9 Å². The average molecular weight is 383 g/mol. The molecule has 26 heavy (non-hydrogen) atoms. The van der Waals surface area contributed by atoms with Gasteiger partial charge in [0.15, 0.2) is 5.16 Å². The number of benzene rings is 2. The van der Waals surface area contributed by atoms with E-state index in [2.05, 4.69) is 15.1 Å². The number of hydrogen-bond donors (Lipinski definition) is 0. The highest BCUT2D eigenvalue weighted by molar-refractivity contribution is 7.98. The molecule has 0 aliphatic heterocycles. The summed E-state index contributed by atoms with van der Waals surface area (Å²) in [6.45, 7) is 2.03. The lowest BCUT2D eigenvalue weighted by molar-refractivity contribution is 0.391. The average Bonchev–Trinajstić information content (AvgIpc) is 3.30. The molecule has 4 aromatic rings. The topological polar surface area (TPSA) is 56.7 Å². The summed E-state index contributed by atoms with van der Waals surface area (Å²) in [5.41, 5.74) is 3.06. The fourth-order valence-corrected chi connectivity index (χ4v) is 3.59. The quantitative estimate of drug-likeness (QED) is 0.445. The maximum atomic E-state index is 6.09. The lowest BCUT2D eigenvalue weighted by Gasteiger charge is -2.06. The Bertz CT molecular complexity index is 1040. The van der Waals surface area contributed by atoms with Gasteiger partial charge in [-0.2, -0.15) is 4.98 Å². The Balaban J connectivity index is 1.51. The summed E-state index contributed by atoms with van der Waals surface area (Å²) < 4.78 is 7.38. The molecule has 0 saturated heterocycles. The SMILES string of the molecule is Cc1ccccc1-c1noc(CSc2nccn2-c2cccc(Cl)c2)n1. The van der Waals surface area contributed by atoms with Crippen LogP contribution < -0.4 is 0 Å². The molecule has 0 radical (unpaired) electrons. The van der Waals surface area contributed by atoms with E-state index >= 15 is 0 Å². The van der Waals surface area contributed by atoms with Crippen molar-refractivity contribution in [3.63, 3.8) is 0 Å². The van der Waals surface area contributed by atoms with E-state index in [0.717, 1.165) is 22.0 Å². The van der Waals surface area contributed by atoms with Gasteiger partial charge < -0.3 is 4.52 Å². The van der Waals surface area contributed by atoms with Crippen LogP contribution in [0.4, 0.5) is 0 Å². The van der Waals surface area contributed by atoms with Crippen molar-refractivity contribution in [2.45, 2.75) is 17.8 Å². The molecule has 0 N–H and O–H groups in total. The van der Waals surface area contributed by atoms with E-state index in [1.807, 2.05) is 66.2 Å². The van der Waals surface area contributed by atoms with E-state index < -0.39 is 0 Å². The Morgan fingerprint density at radius 3 is 2.88 bits per heavy atom. The summed E-state index contributed by atoms with van der Waals surface area (Å²) in [7, 11) is 0. The smallest absolute Gasteiger partial charge is 0.237 e. The Morgan fingerprint density at radius 2 is 2.04 bits per heavy atom. The van der Waals surface area contributed by atoms with E-state index in [9.17, 15) is 0 Å². The summed E-state index contributed by atoms with van der Waals surface area (Å²) in [5.74, 6) is 1.71. The van der Waals surface area contributed by atoms with Crippen LogP contribution in [0.25, 0.3) is 17.1 Å². The standard InChI is InChI=1S/C19H15ClN4OS/c1-13-5-2-3-8-16(13)18-22-17(25-23-18)12-26-19-21-9-10-24(19)15-7-4-6-14(20)11-15/h2-11H,12H2,1H3. The second kappa shape index (κ2) is 7.35. The monoisotopic (exact) mass is 382 g/mol. The second-order valence-electron chi connectivity index (χ2n) is 5.68. The summed E-state index contributed by atoms with van der Waals surface area (Å²) in [6.07, 6.45) is 3.66. The Hall–Kier alpha value is -2.57. The summed E-state index contributed by atoms with van der Waals surface area (Å²) >= 11 is 7.62. The van der Waals surface area contributed by atoms with Gasteiger partial charge in [-0.15, -0.1) is 0 Å². The number of nitrogens with zero attached hydrogens (tertiary/aromatic N) is 4. The molecule has 0 amide bonds. The number of imidazole rings is 1. The summed E-state index contributed by atoms with van der Waals surface area (Å²) in [6, 6.07) is 15.6. The first-order chi connectivity index (χ1) is 12.7. The van der Waals surface area contributed by atoms with E-state index in [0.29, 0.717) is 22.5 Å². The van der Waals surface area contributed by atoms with Gasteiger partial charge >= 0.3 is 0 Å². The molecule has 130 valence electrons. The molecule has 0 unspecified atom stereocenters. The van der Waals surface area contributed by atoms with Crippen molar-refractivity contribution in [3.05, 3.63) is 77.4 Å². The van der Waals surface area contributed by atoms with Crippen LogP contribution in [0.15, 0.2) is 70.6 Å². The van der Waals surface area contributed by atoms with Crippen molar-refractivity contribution in [1.29, 1.82) is 0 Å². The zero-order valence-corrected chi connectivity index (χ0v) is 15.5. The van der Waals surface area contributed by atoms with Crippen molar-refractivity contribution in [1.82, 2.24) is 19.7 Å². The first-order valence-electron chi connectivity index (χ1n) is 8.01. The zero-order chi connectivity index (χ0) is 17.9. The van der Waals surface area contributed by atoms with Crippen LogP contribution in [-0.2, 0) is 5.75 Å². The second-order valence-corrected chi connectivity index (χ2v) is 7.05. The molecule has 5 nitrogen and oxygen atoms in total. The fraction of sp³-hybridized carbons (Fsp3) is 0.105. The third-order valence-corrected chi connectivity index (χ3v) is 5.06. The number of aromatic nitrogens is 4. The Kier molecular flexibility index (Phi) is 4.77. The Morgan fingerprint density at radius 1 is 1.15 bits per heavy atom.